The molecule has 2 nitrogen and oxygen atoms in total. The summed E-state index contributed by atoms with van der Waals surface area (Å²) in [6.45, 7) is 18.3. The summed E-state index contributed by atoms with van der Waals surface area (Å²) in [5, 5.41) is 0. The quantitative estimate of drug-likeness (QED) is 0.369. The summed E-state index contributed by atoms with van der Waals surface area (Å²) in [7, 11) is -1.01. The van der Waals surface area contributed by atoms with Crippen molar-refractivity contribution in [1.82, 2.24) is 0 Å². The van der Waals surface area contributed by atoms with Gasteiger partial charge >= 0.3 is 5.97 Å². The number of hydrogen-bond acceptors (Lipinski definition) is 2. The maximum Gasteiger partial charge on any atom is 0.311 e. The van der Waals surface area contributed by atoms with Gasteiger partial charge < -0.3 is 4.74 Å². The van der Waals surface area contributed by atoms with Crippen molar-refractivity contribution in [3.05, 3.63) is 0 Å². The third kappa shape index (κ3) is 8.46. The van der Waals surface area contributed by atoms with Gasteiger partial charge in [0.25, 0.3) is 0 Å². The van der Waals surface area contributed by atoms with Crippen LogP contribution in [-0.2, 0) is 9.53 Å². The lowest BCUT2D eigenvalue weighted by molar-refractivity contribution is -0.157. The minimum Gasteiger partial charge on any atom is -0.465 e. The zero-order valence-electron chi connectivity index (χ0n) is 14.4. The predicted molar refractivity (Wildman–Crippen MR) is 86.2 cm³/mol. The van der Waals surface area contributed by atoms with E-state index in [0.29, 0.717) is 6.61 Å². The van der Waals surface area contributed by atoms with Gasteiger partial charge in [0.2, 0.25) is 0 Å². The molecule has 1 unspecified atom stereocenters. The normalized spacial score (nSPS) is 16.0. The lowest BCUT2D eigenvalue weighted by Crippen LogP contribution is -2.34. The number of esters is 1. The van der Waals surface area contributed by atoms with Crippen LogP contribution in [0.4, 0.5) is 0 Å². The summed E-state index contributed by atoms with van der Waals surface area (Å²) in [6, 6.07) is 1.22. The molecule has 0 amide bonds. The van der Waals surface area contributed by atoms with E-state index in [4.69, 9.17) is 4.74 Å². The number of ether oxygens (including phenoxy) is 1. The van der Waals surface area contributed by atoms with Crippen molar-refractivity contribution in [3.63, 3.8) is 0 Å². The Bertz CT molecular complexity index is 286. The molecule has 0 saturated carbocycles. The van der Waals surface area contributed by atoms with Gasteiger partial charge in [0.1, 0.15) is 0 Å². The molecule has 19 heavy (non-hydrogen) atoms. The summed E-state index contributed by atoms with van der Waals surface area (Å²) in [4.78, 5) is 12.3. The van der Waals surface area contributed by atoms with Crippen molar-refractivity contribution in [1.29, 1.82) is 0 Å². The Labute approximate surface area is 121 Å². The molecule has 0 aliphatic rings. The summed E-state index contributed by atoms with van der Waals surface area (Å²) in [5.41, 5.74) is -0.181. The van der Waals surface area contributed by atoms with Crippen molar-refractivity contribution in [2.24, 2.45) is 10.8 Å². The average Bonchev–Trinajstić information content (AvgIpc) is 2.20. The van der Waals surface area contributed by atoms with Gasteiger partial charge in [-0.25, -0.2) is 0 Å². The highest BCUT2D eigenvalue weighted by molar-refractivity contribution is 6.76. The third-order valence-electron chi connectivity index (χ3n) is 3.50. The van der Waals surface area contributed by atoms with Gasteiger partial charge in [-0.05, 0) is 31.6 Å². The number of carbonyl (C=O) groups is 1. The van der Waals surface area contributed by atoms with Crippen LogP contribution < -0.4 is 0 Å². The first kappa shape index (κ1) is 18.7. The Morgan fingerprint density at radius 2 is 1.63 bits per heavy atom. The summed E-state index contributed by atoms with van der Waals surface area (Å²) in [5.74, 6) is -0.0134. The highest BCUT2D eigenvalue weighted by atomic mass is 28.3. The molecule has 0 N–H and O–H groups in total. The highest BCUT2D eigenvalue weighted by Crippen LogP contribution is 2.37. The van der Waals surface area contributed by atoms with Crippen molar-refractivity contribution < 1.29 is 9.53 Å². The minimum atomic E-state index is -1.01. The minimum absolute atomic E-state index is 0.0134. The van der Waals surface area contributed by atoms with E-state index in [-0.39, 0.29) is 16.8 Å². The lowest BCUT2D eigenvalue weighted by atomic mass is 9.73. The van der Waals surface area contributed by atoms with Gasteiger partial charge in [-0.2, -0.15) is 0 Å². The van der Waals surface area contributed by atoms with Gasteiger partial charge in [0.15, 0.2) is 0 Å². The zero-order chi connectivity index (χ0) is 15.3. The molecule has 0 aliphatic carbocycles. The average molecular weight is 287 g/mol. The number of rotatable bonds is 7. The van der Waals surface area contributed by atoms with E-state index in [1.807, 2.05) is 6.92 Å². The topological polar surface area (TPSA) is 26.3 Å². The summed E-state index contributed by atoms with van der Waals surface area (Å²) in [6.07, 6.45) is 2.73. The van der Waals surface area contributed by atoms with E-state index in [2.05, 4.69) is 47.3 Å². The van der Waals surface area contributed by atoms with Crippen LogP contribution >= 0.6 is 0 Å². The zero-order valence-corrected chi connectivity index (χ0v) is 15.4. The molecule has 114 valence electrons. The van der Waals surface area contributed by atoms with Gasteiger partial charge in [-0.15, -0.1) is 0 Å². The van der Waals surface area contributed by atoms with E-state index in [0.717, 1.165) is 19.3 Å². The molecule has 3 heteroatoms. The molecule has 1 atom stereocenters. The van der Waals surface area contributed by atoms with Crippen molar-refractivity contribution in [2.45, 2.75) is 79.6 Å². The van der Waals surface area contributed by atoms with Crippen LogP contribution in [0.3, 0.4) is 0 Å². The second-order valence-electron chi connectivity index (χ2n) is 8.45. The molecule has 0 heterocycles. The van der Waals surface area contributed by atoms with Gasteiger partial charge in [0, 0.05) is 8.07 Å². The molecule has 0 radical (unpaired) electrons. The fraction of sp³-hybridized carbons (Fsp3) is 0.938. The van der Waals surface area contributed by atoms with E-state index < -0.39 is 8.07 Å². The monoisotopic (exact) mass is 286 g/mol. The van der Waals surface area contributed by atoms with E-state index in [1.54, 1.807) is 0 Å². The van der Waals surface area contributed by atoms with Crippen LogP contribution in [0.25, 0.3) is 0 Å². The predicted octanol–water partition coefficient (Wildman–Crippen LogP) is 5.11. The molecule has 0 fully saturated rings. The van der Waals surface area contributed by atoms with Crippen molar-refractivity contribution in [2.75, 3.05) is 6.61 Å². The fourth-order valence-electron chi connectivity index (χ4n) is 2.45. The number of hydrogen-bond donors (Lipinski definition) is 0. The molecule has 0 aliphatic heterocycles. The first-order valence-corrected chi connectivity index (χ1v) is 11.3. The molecule has 0 saturated heterocycles. The smallest absolute Gasteiger partial charge is 0.311 e. The fourth-order valence-corrected chi connectivity index (χ4v) is 3.66. The molecule has 0 aromatic rings. The Morgan fingerprint density at radius 3 is 2.00 bits per heavy atom. The first-order chi connectivity index (χ1) is 8.40. The van der Waals surface area contributed by atoms with Crippen LogP contribution in [-0.4, -0.2) is 20.7 Å². The van der Waals surface area contributed by atoms with Crippen LogP contribution in [0.1, 0.15) is 53.9 Å². The maximum atomic E-state index is 12.3. The molecular weight excluding hydrogens is 252 g/mol. The maximum absolute atomic E-state index is 12.3. The molecule has 0 bridgehead atoms. The van der Waals surface area contributed by atoms with Crippen LogP contribution in [0.15, 0.2) is 0 Å². The Morgan fingerprint density at radius 1 is 1.11 bits per heavy atom. The molecule has 0 spiro atoms. The molecular formula is C16H34O2Si. The summed E-state index contributed by atoms with van der Waals surface area (Å²) < 4.78 is 5.52. The SMILES string of the molecule is CCC(C)(CC(C)(C)C)C(=O)OCCC[Si](C)(C)C. The highest BCUT2D eigenvalue weighted by Gasteiger charge is 2.36. The lowest BCUT2D eigenvalue weighted by Gasteiger charge is -2.32. The molecule has 0 rings (SSSR count). The van der Waals surface area contributed by atoms with Crippen LogP contribution in [0.2, 0.25) is 25.7 Å². The van der Waals surface area contributed by atoms with E-state index in [9.17, 15) is 4.79 Å². The van der Waals surface area contributed by atoms with E-state index >= 15 is 0 Å². The van der Waals surface area contributed by atoms with Gasteiger partial charge in [-0.1, -0.05) is 53.4 Å². The molecule has 0 aromatic heterocycles. The van der Waals surface area contributed by atoms with Gasteiger partial charge in [-0.3, -0.25) is 4.79 Å². The second-order valence-corrected chi connectivity index (χ2v) is 14.1. The Hall–Kier alpha value is -0.313. The Balaban J connectivity index is 4.30. The third-order valence-corrected chi connectivity index (χ3v) is 5.35. The Kier molecular flexibility index (Phi) is 6.80. The number of carbonyl (C=O) groups excluding carboxylic acids is 1. The van der Waals surface area contributed by atoms with Crippen molar-refractivity contribution >= 4 is 14.0 Å². The standard InChI is InChI=1S/C16H34O2Si/c1-9-16(5,13-15(2,3)4)14(17)18-11-10-12-19(6,7)8/h9-13H2,1-8H3. The van der Waals surface area contributed by atoms with E-state index in [1.165, 1.54) is 6.04 Å². The van der Waals surface area contributed by atoms with Gasteiger partial charge in [0.05, 0.1) is 12.0 Å². The van der Waals surface area contributed by atoms with Crippen LogP contribution in [0.5, 0.6) is 0 Å². The first-order valence-electron chi connectivity index (χ1n) is 7.57. The summed E-state index contributed by atoms with van der Waals surface area (Å²) >= 11 is 0. The largest absolute Gasteiger partial charge is 0.465 e. The van der Waals surface area contributed by atoms with Crippen molar-refractivity contribution in [3.8, 4) is 0 Å². The van der Waals surface area contributed by atoms with Crippen LogP contribution in [0, 0.1) is 10.8 Å². The molecule has 0 aromatic carbocycles. The second kappa shape index (κ2) is 6.92.